The first-order chi connectivity index (χ1) is 10.2. The summed E-state index contributed by atoms with van der Waals surface area (Å²) in [7, 11) is 0. The largest absolute Gasteiger partial charge is 0.464 e. The van der Waals surface area contributed by atoms with E-state index in [1.54, 1.807) is 6.07 Å². The number of nitrogens with zero attached hydrogens (tertiary/aromatic N) is 1. The molecule has 0 saturated heterocycles. The SMILES string of the molecule is CC(=O)OCCn1c2ccccc2c2cc(C=O)ccc21. The number of hydrogen-bond donors (Lipinski definition) is 0. The van der Waals surface area contributed by atoms with Gasteiger partial charge < -0.3 is 9.30 Å². The molecule has 4 nitrogen and oxygen atoms in total. The van der Waals surface area contributed by atoms with E-state index in [4.69, 9.17) is 4.74 Å². The van der Waals surface area contributed by atoms with Crippen LogP contribution in [0.5, 0.6) is 0 Å². The fourth-order valence-electron chi connectivity index (χ4n) is 2.67. The van der Waals surface area contributed by atoms with Gasteiger partial charge in [0.2, 0.25) is 0 Å². The second kappa shape index (κ2) is 5.40. The number of aromatic nitrogens is 1. The van der Waals surface area contributed by atoms with E-state index < -0.39 is 0 Å². The maximum Gasteiger partial charge on any atom is 0.302 e. The van der Waals surface area contributed by atoms with Crippen LogP contribution >= 0.6 is 0 Å². The summed E-state index contributed by atoms with van der Waals surface area (Å²) in [5, 5.41) is 2.14. The molecule has 106 valence electrons. The summed E-state index contributed by atoms with van der Waals surface area (Å²) in [4.78, 5) is 21.9. The summed E-state index contributed by atoms with van der Waals surface area (Å²) < 4.78 is 7.16. The summed E-state index contributed by atoms with van der Waals surface area (Å²) in [6, 6.07) is 13.7. The first-order valence-electron chi connectivity index (χ1n) is 6.80. The Hall–Kier alpha value is -2.62. The van der Waals surface area contributed by atoms with E-state index in [2.05, 4.69) is 4.57 Å². The maximum absolute atomic E-state index is 11.0. The maximum atomic E-state index is 11.0. The molecule has 3 rings (SSSR count). The molecule has 1 aromatic heterocycles. The Bertz CT molecular complexity index is 833. The Morgan fingerprint density at radius 1 is 1.14 bits per heavy atom. The molecule has 0 aliphatic rings. The molecular formula is C17H15NO3. The first-order valence-corrected chi connectivity index (χ1v) is 6.80. The third-order valence-corrected chi connectivity index (χ3v) is 3.55. The van der Waals surface area contributed by atoms with E-state index in [1.165, 1.54) is 6.92 Å². The smallest absolute Gasteiger partial charge is 0.302 e. The van der Waals surface area contributed by atoms with Gasteiger partial charge in [-0.25, -0.2) is 0 Å². The summed E-state index contributed by atoms with van der Waals surface area (Å²) in [6.45, 7) is 2.32. The Morgan fingerprint density at radius 2 is 1.90 bits per heavy atom. The van der Waals surface area contributed by atoms with Crippen molar-refractivity contribution in [2.45, 2.75) is 13.5 Å². The van der Waals surface area contributed by atoms with Gasteiger partial charge in [-0.3, -0.25) is 9.59 Å². The van der Waals surface area contributed by atoms with Crippen LogP contribution in [0.2, 0.25) is 0 Å². The molecule has 0 atom stereocenters. The van der Waals surface area contributed by atoms with Gasteiger partial charge in [-0.15, -0.1) is 0 Å². The molecule has 0 spiro atoms. The summed E-state index contributed by atoms with van der Waals surface area (Å²) in [6.07, 6.45) is 0.852. The van der Waals surface area contributed by atoms with Gasteiger partial charge in [-0.05, 0) is 24.3 Å². The molecular weight excluding hydrogens is 266 g/mol. The van der Waals surface area contributed by atoms with Gasteiger partial charge in [-0.1, -0.05) is 18.2 Å². The van der Waals surface area contributed by atoms with Gasteiger partial charge in [0.05, 0.1) is 6.54 Å². The zero-order valence-corrected chi connectivity index (χ0v) is 11.7. The average molecular weight is 281 g/mol. The number of ether oxygens (including phenoxy) is 1. The molecule has 4 heteroatoms. The fourth-order valence-corrected chi connectivity index (χ4v) is 2.67. The Labute approximate surface area is 121 Å². The van der Waals surface area contributed by atoms with Crippen molar-refractivity contribution in [3.05, 3.63) is 48.0 Å². The number of fused-ring (bicyclic) bond motifs is 3. The number of esters is 1. The Balaban J connectivity index is 2.15. The van der Waals surface area contributed by atoms with Crippen molar-refractivity contribution in [2.24, 2.45) is 0 Å². The minimum Gasteiger partial charge on any atom is -0.464 e. The van der Waals surface area contributed by atoms with Crippen LogP contribution < -0.4 is 0 Å². The highest BCUT2D eigenvalue weighted by molar-refractivity contribution is 6.09. The highest BCUT2D eigenvalue weighted by atomic mass is 16.5. The van der Waals surface area contributed by atoms with Gasteiger partial charge >= 0.3 is 5.97 Å². The van der Waals surface area contributed by atoms with Crippen molar-refractivity contribution in [1.82, 2.24) is 4.57 Å². The number of aldehydes is 1. The molecule has 0 aliphatic heterocycles. The topological polar surface area (TPSA) is 48.3 Å². The van der Waals surface area contributed by atoms with Crippen molar-refractivity contribution in [2.75, 3.05) is 6.61 Å². The standard InChI is InChI=1S/C17H15NO3/c1-12(20)21-9-8-18-16-5-3-2-4-14(16)15-10-13(11-19)6-7-17(15)18/h2-7,10-11H,8-9H2,1H3. The summed E-state index contributed by atoms with van der Waals surface area (Å²) >= 11 is 0. The van der Waals surface area contributed by atoms with E-state index in [1.807, 2.05) is 36.4 Å². The van der Waals surface area contributed by atoms with Gasteiger partial charge in [0, 0.05) is 34.3 Å². The van der Waals surface area contributed by atoms with Crippen LogP contribution in [0, 0.1) is 0 Å². The molecule has 1 heterocycles. The van der Waals surface area contributed by atoms with Crippen molar-refractivity contribution in [3.63, 3.8) is 0 Å². The fraction of sp³-hybridized carbons (Fsp3) is 0.176. The molecule has 0 N–H and O–H groups in total. The molecule has 0 radical (unpaired) electrons. The van der Waals surface area contributed by atoms with E-state index in [0.717, 1.165) is 28.1 Å². The normalized spacial score (nSPS) is 10.9. The molecule has 0 aliphatic carbocycles. The third-order valence-electron chi connectivity index (χ3n) is 3.55. The predicted molar refractivity (Wildman–Crippen MR) is 81.5 cm³/mol. The number of rotatable bonds is 4. The lowest BCUT2D eigenvalue weighted by molar-refractivity contribution is -0.141. The minimum absolute atomic E-state index is 0.279. The summed E-state index contributed by atoms with van der Waals surface area (Å²) in [5.41, 5.74) is 2.77. The van der Waals surface area contributed by atoms with Gasteiger partial charge in [0.1, 0.15) is 12.9 Å². The first kappa shape index (κ1) is 13.4. The minimum atomic E-state index is -0.279. The van der Waals surface area contributed by atoms with E-state index in [9.17, 15) is 9.59 Å². The van der Waals surface area contributed by atoms with Crippen molar-refractivity contribution < 1.29 is 14.3 Å². The van der Waals surface area contributed by atoms with Crippen LogP contribution in [-0.4, -0.2) is 23.4 Å². The third kappa shape index (κ3) is 2.40. The van der Waals surface area contributed by atoms with E-state index >= 15 is 0 Å². The highest BCUT2D eigenvalue weighted by Crippen LogP contribution is 2.29. The molecule has 2 aromatic carbocycles. The van der Waals surface area contributed by atoms with Crippen molar-refractivity contribution >= 4 is 34.1 Å². The average Bonchev–Trinajstić information content (AvgIpc) is 2.81. The molecule has 0 unspecified atom stereocenters. The van der Waals surface area contributed by atoms with Crippen molar-refractivity contribution in [3.8, 4) is 0 Å². The van der Waals surface area contributed by atoms with E-state index in [-0.39, 0.29) is 5.97 Å². The monoisotopic (exact) mass is 281 g/mol. The molecule has 0 fully saturated rings. The zero-order valence-electron chi connectivity index (χ0n) is 11.7. The number of hydrogen-bond acceptors (Lipinski definition) is 3. The van der Waals surface area contributed by atoms with Crippen molar-refractivity contribution in [1.29, 1.82) is 0 Å². The lowest BCUT2D eigenvalue weighted by Gasteiger charge is -2.07. The van der Waals surface area contributed by atoms with Crippen LogP contribution in [0.4, 0.5) is 0 Å². The number of carbonyl (C=O) groups is 2. The molecule has 3 aromatic rings. The Kier molecular flexibility index (Phi) is 3.44. The van der Waals surface area contributed by atoms with Gasteiger partial charge in [0.15, 0.2) is 0 Å². The van der Waals surface area contributed by atoms with Gasteiger partial charge in [0.25, 0.3) is 0 Å². The molecule has 21 heavy (non-hydrogen) atoms. The molecule has 0 saturated carbocycles. The van der Waals surface area contributed by atoms with Crippen LogP contribution in [0.25, 0.3) is 21.8 Å². The lowest BCUT2D eigenvalue weighted by atomic mass is 10.1. The quantitative estimate of drug-likeness (QED) is 0.545. The van der Waals surface area contributed by atoms with Crippen LogP contribution in [0.1, 0.15) is 17.3 Å². The van der Waals surface area contributed by atoms with Gasteiger partial charge in [-0.2, -0.15) is 0 Å². The van der Waals surface area contributed by atoms with Crippen LogP contribution in [0.15, 0.2) is 42.5 Å². The van der Waals surface area contributed by atoms with Crippen LogP contribution in [0.3, 0.4) is 0 Å². The highest BCUT2D eigenvalue weighted by Gasteiger charge is 2.10. The van der Waals surface area contributed by atoms with Crippen LogP contribution in [-0.2, 0) is 16.1 Å². The lowest BCUT2D eigenvalue weighted by Crippen LogP contribution is -2.08. The number of carbonyl (C=O) groups excluding carboxylic acids is 2. The van der Waals surface area contributed by atoms with E-state index in [0.29, 0.717) is 18.7 Å². The number of benzene rings is 2. The zero-order chi connectivity index (χ0) is 14.8. The summed E-state index contributed by atoms with van der Waals surface area (Å²) in [5.74, 6) is -0.279. The Morgan fingerprint density at radius 3 is 2.67 bits per heavy atom. The number of para-hydroxylation sites is 1. The second-order valence-electron chi connectivity index (χ2n) is 4.90. The molecule has 0 amide bonds. The second-order valence-corrected chi connectivity index (χ2v) is 4.90. The predicted octanol–water partition coefficient (Wildman–Crippen LogP) is 3.17. The molecule has 0 bridgehead atoms.